The van der Waals surface area contributed by atoms with Crippen LogP contribution in [0.5, 0.6) is 11.5 Å². The number of benzene rings is 3. The first-order valence-corrected chi connectivity index (χ1v) is 11.8. The second-order valence-electron chi connectivity index (χ2n) is 8.63. The number of ether oxygens (including phenoxy) is 2. The van der Waals surface area contributed by atoms with Crippen LogP contribution in [0.3, 0.4) is 0 Å². The number of hydrogen-bond acceptors (Lipinski definition) is 7. The van der Waals surface area contributed by atoms with Crippen LogP contribution in [0.1, 0.15) is 28.4 Å². The van der Waals surface area contributed by atoms with Crippen LogP contribution < -0.4 is 25.4 Å². The van der Waals surface area contributed by atoms with Crippen LogP contribution >= 0.6 is 0 Å². The molecule has 0 bridgehead atoms. The zero-order valence-corrected chi connectivity index (χ0v) is 21.5. The molecular formula is C27H28N4O8. The lowest BCUT2D eigenvalue weighted by Crippen LogP contribution is -2.37. The van der Waals surface area contributed by atoms with Crippen molar-refractivity contribution in [3.8, 4) is 11.5 Å². The molecule has 3 aromatic rings. The second-order valence-corrected chi connectivity index (χ2v) is 8.63. The van der Waals surface area contributed by atoms with Gasteiger partial charge in [-0.05, 0) is 55.3 Å². The number of carboxylic acids is 1. The number of aryl methyl sites for hydroxylation is 1. The van der Waals surface area contributed by atoms with Gasteiger partial charge in [0.15, 0.2) is 5.75 Å². The number of urea groups is 1. The summed E-state index contributed by atoms with van der Waals surface area (Å²) >= 11 is 0. The third-order valence-corrected chi connectivity index (χ3v) is 5.57. The molecule has 0 fully saturated rings. The maximum Gasteiger partial charge on any atom is 0.335 e. The van der Waals surface area contributed by atoms with Gasteiger partial charge in [0.2, 0.25) is 5.91 Å². The summed E-state index contributed by atoms with van der Waals surface area (Å²) in [6.45, 7) is 3.46. The average Bonchev–Trinajstić information content (AvgIpc) is 2.89. The first-order valence-electron chi connectivity index (χ1n) is 11.8. The fraction of sp³-hybridized carbons (Fsp3) is 0.222. The van der Waals surface area contributed by atoms with Crippen LogP contribution in [0.2, 0.25) is 0 Å². The molecule has 0 saturated carbocycles. The molecule has 12 nitrogen and oxygen atoms in total. The van der Waals surface area contributed by atoms with E-state index in [1.54, 1.807) is 31.2 Å². The molecule has 0 aliphatic rings. The van der Waals surface area contributed by atoms with Crippen LogP contribution in [0.4, 0.5) is 21.9 Å². The molecule has 0 saturated heterocycles. The van der Waals surface area contributed by atoms with Crippen molar-refractivity contribution >= 4 is 35.0 Å². The highest BCUT2D eigenvalue weighted by molar-refractivity contribution is 6.01. The van der Waals surface area contributed by atoms with Crippen molar-refractivity contribution in [1.29, 1.82) is 0 Å². The summed E-state index contributed by atoms with van der Waals surface area (Å²) in [5, 5.41) is 28.6. The Bertz CT molecular complexity index is 1390. The predicted molar refractivity (Wildman–Crippen MR) is 144 cm³/mol. The third-order valence-electron chi connectivity index (χ3n) is 5.57. The highest BCUT2D eigenvalue weighted by Crippen LogP contribution is 2.28. The average molecular weight is 537 g/mol. The van der Waals surface area contributed by atoms with E-state index in [1.807, 2.05) is 25.1 Å². The molecule has 12 heteroatoms. The number of nitrogens with zero attached hydrogens (tertiary/aromatic N) is 1. The van der Waals surface area contributed by atoms with E-state index < -0.39 is 28.7 Å². The normalized spacial score (nSPS) is 11.2. The summed E-state index contributed by atoms with van der Waals surface area (Å²) in [5.74, 6) is -1.36. The Morgan fingerprint density at radius 3 is 2.38 bits per heavy atom. The van der Waals surface area contributed by atoms with Gasteiger partial charge in [0.05, 0.1) is 35.7 Å². The Morgan fingerprint density at radius 1 is 1.00 bits per heavy atom. The van der Waals surface area contributed by atoms with E-state index in [-0.39, 0.29) is 30.2 Å². The summed E-state index contributed by atoms with van der Waals surface area (Å²) < 4.78 is 10.8. The van der Waals surface area contributed by atoms with Gasteiger partial charge in [-0.2, -0.15) is 0 Å². The number of carboxylic acid groups (broad SMARTS) is 1. The number of nitrogens with one attached hydrogen (secondary N) is 3. The monoisotopic (exact) mass is 536 g/mol. The number of amides is 3. The molecule has 3 aromatic carbocycles. The number of hydrogen-bond donors (Lipinski definition) is 4. The minimum Gasteiger partial charge on any atom is -0.495 e. The molecule has 3 rings (SSSR count). The van der Waals surface area contributed by atoms with Crippen molar-refractivity contribution in [3.05, 3.63) is 87.5 Å². The van der Waals surface area contributed by atoms with Crippen molar-refractivity contribution < 1.29 is 33.9 Å². The van der Waals surface area contributed by atoms with Gasteiger partial charge in [0.1, 0.15) is 12.4 Å². The van der Waals surface area contributed by atoms with E-state index in [1.165, 1.54) is 19.2 Å². The Labute approximate surface area is 224 Å². The van der Waals surface area contributed by atoms with Crippen LogP contribution in [-0.2, 0) is 11.2 Å². The number of carbonyl (C=O) groups excluding carboxylic acids is 2. The maximum absolute atomic E-state index is 12.6. The Hall–Kier alpha value is -5.13. The van der Waals surface area contributed by atoms with Crippen LogP contribution in [0, 0.1) is 17.0 Å². The molecule has 0 radical (unpaired) electrons. The SMILES string of the molecule is COc1cc(CC(=O)NC(C)COc2ccc(C(=O)O)cc2[N+](=O)[O-])ccc1NC(=O)Nc1ccccc1C. The number of carbonyl (C=O) groups is 3. The zero-order valence-electron chi connectivity index (χ0n) is 21.5. The number of anilines is 2. The van der Waals surface area contributed by atoms with Crippen LogP contribution in [0.15, 0.2) is 60.7 Å². The van der Waals surface area contributed by atoms with Crippen molar-refractivity contribution in [2.75, 3.05) is 24.4 Å². The Morgan fingerprint density at radius 2 is 1.72 bits per heavy atom. The lowest BCUT2D eigenvalue weighted by Gasteiger charge is -2.16. The number of aromatic carboxylic acids is 1. The maximum atomic E-state index is 12.6. The highest BCUT2D eigenvalue weighted by atomic mass is 16.6. The molecule has 3 amide bonds. The number of nitro benzene ring substituents is 1. The quantitative estimate of drug-likeness (QED) is 0.207. The predicted octanol–water partition coefficient (Wildman–Crippen LogP) is 4.38. The summed E-state index contributed by atoms with van der Waals surface area (Å²) in [6.07, 6.45) is 0.00381. The van der Waals surface area contributed by atoms with Crippen molar-refractivity contribution in [2.45, 2.75) is 26.3 Å². The van der Waals surface area contributed by atoms with E-state index in [0.717, 1.165) is 11.6 Å². The summed E-state index contributed by atoms with van der Waals surface area (Å²) in [7, 11) is 1.45. The minimum atomic E-state index is -1.30. The number of methoxy groups -OCH3 is 1. The second kappa shape index (κ2) is 12.9. The van der Waals surface area contributed by atoms with Crippen molar-refractivity contribution in [2.24, 2.45) is 0 Å². The zero-order chi connectivity index (χ0) is 28.5. The molecule has 0 aliphatic heterocycles. The topological polar surface area (TPSA) is 169 Å². The molecule has 0 heterocycles. The van der Waals surface area contributed by atoms with Crippen LogP contribution in [-0.4, -0.2) is 47.7 Å². The molecule has 0 aromatic heterocycles. The standard InChI is InChI=1S/C27H28N4O8/c1-16-6-4-5-7-20(16)29-27(35)30-21-10-8-18(12-24(21)38-3)13-25(32)28-17(2)15-39-23-11-9-19(26(33)34)14-22(23)31(36)37/h4-12,14,17H,13,15H2,1-3H3,(H,28,32)(H,33,34)(H2,29,30,35). The fourth-order valence-electron chi connectivity index (χ4n) is 3.62. The molecule has 1 unspecified atom stereocenters. The van der Waals surface area contributed by atoms with Gasteiger partial charge in [-0.1, -0.05) is 24.3 Å². The lowest BCUT2D eigenvalue weighted by molar-refractivity contribution is -0.385. The number of para-hydroxylation sites is 1. The molecule has 0 spiro atoms. The van der Waals surface area contributed by atoms with Crippen molar-refractivity contribution in [1.82, 2.24) is 5.32 Å². The Kier molecular flexibility index (Phi) is 9.41. The van der Waals surface area contributed by atoms with E-state index in [9.17, 15) is 24.5 Å². The van der Waals surface area contributed by atoms with E-state index in [2.05, 4.69) is 16.0 Å². The number of rotatable bonds is 11. The summed E-state index contributed by atoms with van der Waals surface area (Å²) in [4.78, 5) is 46.6. The van der Waals surface area contributed by atoms with Gasteiger partial charge < -0.3 is 30.5 Å². The van der Waals surface area contributed by atoms with E-state index in [4.69, 9.17) is 14.6 Å². The van der Waals surface area contributed by atoms with Gasteiger partial charge in [-0.25, -0.2) is 9.59 Å². The van der Waals surface area contributed by atoms with Gasteiger partial charge in [0, 0.05) is 11.8 Å². The first-order chi connectivity index (χ1) is 18.6. The summed E-state index contributed by atoms with van der Waals surface area (Å²) in [6, 6.07) is 14.7. The van der Waals surface area contributed by atoms with Gasteiger partial charge in [-0.15, -0.1) is 0 Å². The van der Waals surface area contributed by atoms with Crippen molar-refractivity contribution in [3.63, 3.8) is 0 Å². The fourth-order valence-corrected chi connectivity index (χ4v) is 3.62. The molecule has 39 heavy (non-hydrogen) atoms. The van der Waals surface area contributed by atoms with Gasteiger partial charge in [-0.3, -0.25) is 14.9 Å². The molecule has 4 N–H and O–H groups in total. The molecule has 204 valence electrons. The minimum absolute atomic E-state index is 0.00381. The summed E-state index contributed by atoms with van der Waals surface area (Å²) in [5.41, 5.74) is 1.91. The van der Waals surface area contributed by atoms with E-state index >= 15 is 0 Å². The highest BCUT2D eigenvalue weighted by Gasteiger charge is 2.20. The lowest BCUT2D eigenvalue weighted by atomic mass is 10.1. The van der Waals surface area contributed by atoms with E-state index in [0.29, 0.717) is 22.7 Å². The van der Waals surface area contributed by atoms with Crippen LogP contribution in [0.25, 0.3) is 0 Å². The largest absolute Gasteiger partial charge is 0.495 e. The van der Waals surface area contributed by atoms with Gasteiger partial charge in [0.25, 0.3) is 0 Å². The molecular weight excluding hydrogens is 508 g/mol. The molecule has 1 atom stereocenters. The third kappa shape index (κ3) is 7.92. The molecule has 0 aliphatic carbocycles. The first kappa shape index (κ1) is 28.4. The van der Waals surface area contributed by atoms with Gasteiger partial charge >= 0.3 is 17.7 Å². The Balaban J connectivity index is 1.56. The number of nitro groups is 1. The smallest absolute Gasteiger partial charge is 0.335 e.